The third-order valence-corrected chi connectivity index (χ3v) is 20.8. The van der Waals surface area contributed by atoms with E-state index in [2.05, 4.69) is 211 Å². The van der Waals surface area contributed by atoms with Gasteiger partial charge >= 0.3 is 0 Å². The molecule has 6 aromatic carbocycles. The minimum Gasteiger partial charge on any atom is -0.405 e. The monoisotopic (exact) mass is 778 g/mol. The first kappa shape index (κ1) is 41.2. The van der Waals surface area contributed by atoms with Gasteiger partial charge in [0.25, 0.3) is 16.6 Å². The van der Waals surface area contributed by atoms with E-state index in [1.807, 2.05) is 12.1 Å². The number of hydrogen-bond donors (Lipinski definition) is 0. The summed E-state index contributed by atoms with van der Waals surface area (Å²) in [6.07, 6.45) is -0.919. The molecule has 6 heteroatoms. The Morgan fingerprint density at radius 3 is 0.821 bits per heavy atom. The molecule has 0 aliphatic rings. The van der Waals surface area contributed by atoms with Crippen LogP contribution in [0.4, 0.5) is 0 Å². The van der Waals surface area contributed by atoms with E-state index in [1.54, 1.807) is 0 Å². The van der Waals surface area contributed by atoms with E-state index in [4.69, 9.17) is 18.3 Å². The van der Waals surface area contributed by atoms with Crippen LogP contribution in [-0.4, -0.2) is 42.1 Å². The molecule has 4 nitrogen and oxygen atoms in total. The second-order valence-corrected chi connectivity index (χ2v) is 25.2. The minimum absolute atomic E-state index is 0.203. The molecule has 0 radical (unpaired) electrons. The average Bonchev–Trinajstić information content (AvgIpc) is 3.22. The summed E-state index contributed by atoms with van der Waals surface area (Å²) in [7, 11) is -5.83. The lowest BCUT2D eigenvalue weighted by atomic mass is 10.2. The molecular formula is C50H58O4Si2. The van der Waals surface area contributed by atoms with Gasteiger partial charge in [0.2, 0.25) is 0 Å². The van der Waals surface area contributed by atoms with Gasteiger partial charge in [-0.25, -0.2) is 0 Å². The molecule has 0 aliphatic carbocycles. The van der Waals surface area contributed by atoms with Crippen LogP contribution in [0.3, 0.4) is 0 Å². The summed E-state index contributed by atoms with van der Waals surface area (Å²) in [6.45, 7) is 15.4. The van der Waals surface area contributed by atoms with Gasteiger partial charge in [0.15, 0.2) is 0 Å². The molecule has 56 heavy (non-hydrogen) atoms. The molecule has 0 unspecified atom stereocenters. The standard InChI is InChI=1S/C50H58O4Si2/c1-49(2,3)55(43-29-17-9-18-30-43,44-31-19-10-20-32-44)53-39-47(51-37-41-25-13-7-14-26-41)48(52-38-42-27-15-8-16-28-42)40-54-56(50(4,5)6,45-33-21-11-22-34-45)46-35-23-12-24-36-46/h7-36,47-48H,37-40H2,1-6H3/t47-,48-/m0/s1. The minimum atomic E-state index is -2.92. The molecule has 0 heterocycles. The Balaban J connectivity index is 1.45. The number of rotatable bonds is 17. The van der Waals surface area contributed by atoms with Crippen LogP contribution in [0.5, 0.6) is 0 Å². The summed E-state index contributed by atoms with van der Waals surface area (Å²) in [6, 6.07) is 64.0. The van der Waals surface area contributed by atoms with Gasteiger partial charge in [-0.3, -0.25) is 0 Å². The van der Waals surface area contributed by atoms with E-state index in [1.165, 1.54) is 20.7 Å². The zero-order valence-corrected chi connectivity index (χ0v) is 35.9. The molecule has 0 spiro atoms. The lowest BCUT2D eigenvalue weighted by molar-refractivity contribution is -0.115. The third-order valence-electron chi connectivity index (χ3n) is 10.8. The Labute approximate surface area is 337 Å². The van der Waals surface area contributed by atoms with Gasteiger partial charge in [0.05, 0.1) is 26.4 Å². The third kappa shape index (κ3) is 9.40. The van der Waals surface area contributed by atoms with Gasteiger partial charge in [-0.1, -0.05) is 224 Å². The smallest absolute Gasteiger partial charge is 0.261 e. The van der Waals surface area contributed by atoms with Gasteiger partial charge in [-0.2, -0.15) is 0 Å². The van der Waals surface area contributed by atoms with Crippen LogP contribution in [0.2, 0.25) is 10.1 Å². The second-order valence-electron chi connectivity index (χ2n) is 16.6. The van der Waals surface area contributed by atoms with Gasteiger partial charge < -0.3 is 18.3 Å². The van der Waals surface area contributed by atoms with Crippen molar-refractivity contribution in [2.45, 2.75) is 77.0 Å². The highest BCUT2D eigenvalue weighted by Crippen LogP contribution is 2.39. The molecule has 0 bridgehead atoms. The highest BCUT2D eigenvalue weighted by molar-refractivity contribution is 7.00. The number of benzene rings is 6. The molecule has 0 amide bonds. The van der Waals surface area contributed by atoms with E-state index in [-0.39, 0.29) is 10.1 Å². The Bertz CT molecular complexity index is 1790. The molecule has 6 rings (SSSR count). The quantitative estimate of drug-likeness (QED) is 0.0866. The van der Waals surface area contributed by atoms with Gasteiger partial charge in [-0.05, 0) is 42.0 Å². The molecule has 0 saturated heterocycles. The first-order valence-corrected chi connectivity index (χ1v) is 23.7. The fourth-order valence-corrected chi connectivity index (χ4v) is 17.2. The maximum atomic E-state index is 7.61. The highest BCUT2D eigenvalue weighted by atomic mass is 28.4. The van der Waals surface area contributed by atoms with Crippen molar-refractivity contribution in [1.29, 1.82) is 0 Å². The molecule has 0 aliphatic heterocycles. The summed E-state index contributed by atoms with van der Waals surface area (Å²) in [4.78, 5) is 0. The lowest BCUT2D eigenvalue weighted by Gasteiger charge is -2.45. The van der Waals surface area contributed by atoms with Crippen LogP contribution < -0.4 is 20.7 Å². The Morgan fingerprint density at radius 1 is 0.357 bits per heavy atom. The number of ether oxygens (including phenoxy) is 2. The molecule has 0 fully saturated rings. The first-order valence-electron chi connectivity index (χ1n) is 19.9. The fraction of sp³-hybridized carbons (Fsp3) is 0.280. The normalized spacial score (nSPS) is 13.6. The molecule has 290 valence electrons. The van der Waals surface area contributed by atoms with Crippen molar-refractivity contribution < 1.29 is 18.3 Å². The van der Waals surface area contributed by atoms with Gasteiger partial charge in [0, 0.05) is 0 Å². The topological polar surface area (TPSA) is 36.9 Å². The van der Waals surface area contributed by atoms with Crippen molar-refractivity contribution in [3.8, 4) is 0 Å². The van der Waals surface area contributed by atoms with E-state index in [9.17, 15) is 0 Å². The van der Waals surface area contributed by atoms with Crippen molar-refractivity contribution in [3.05, 3.63) is 193 Å². The van der Waals surface area contributed by atoms with Crippen molar-refractivity contribution in [1.82, 2.24) is 0 Å². The summed E-state index contributed by atoms with van der Waals surface area (Å²) < 4.78 is 29.3. The van der Waals surface area contributed by atoms with Crippen LogP contribution in [0.25, 0.3) is 0 Å². The molecule has 0 N–H and O–H groups in total. The van der Waals surface area contributed by atoms with Crippen LogP contribution in [-0.2, 0) is 31.5 Å². The summed E-state index contributed by atoms with van der Waals surface area (Å²) >= 11 is 0. The van der Waals surface area contributed by atoms with Crippen LogP contribution in [0.1, 0.15) is 52.7 Å². The summed E-state index contributed by atoms with van der Waals surface area (Å²) in [5, 5.41) is 4.50. The Morgan fingerprint density at radius 2 is 0.589 bits per heavy atom. The molecular weight excluding hydrogens is 721 g/mol. The highest BCUT2D eigenvalue weighted by Gasteiger charge is 2.52. The summed E-state index contributed by atoms with van der Waals surface area (Å²) in [5.74, 6) is 0. The van der Waals surface area contributed by atoms with Crippen molar-refractivity contribution in [2.24, 2.45) is 0 Å². The Hall–Kier alpha value is -4.41. The number of hydrogen-bond acceptors (Lipinski definition) is 4. The second kappa shape index (κ2) is 18.7. The van der Waals surface area contributed by atoms with E-state index in [0.29, 0.717) is 26.4 Å². The van der Waals surface area contributed by atoms with Gasteiger partial charge in [-0.15, -0.1) is 0 Å². The average molecular weight is 779 g/mol. The molecule has 0 aromatic heterocycles. The zero-order chi connectivity index (χ0) is 39.5. The fourth-order valence-electron chi connectivity index (χ4n) is 8.02. The van der Waals surface area contributed by atoms with Crippen LogP contribution in [0.15, 0.2) is 182 Å². The van der Waals surface area contributed by atoms with Crippen molar-refractivity contribution in [3.63, 3.8) is 0 Å². The van der Waals surface area contributed by atoms with Crippen LogP contribution in [0, 0.1) is 0 Å². The maximum Gasteiger partial charge on any atom is 0.261 e. The summed E-state index contributed by atoms with van der Waals surface area (Å²) in [5.41, 5.74) is 2.19. The predicted molar refractivity (Wildman–Crippen MR) is 237 cm³/mol. The molecule has 0 saturated carbocycles. The lowest BCUT2D eigenvalue weighted by Crippen LogP contribution is -2.68. The molecule has 6 aromatic rings. The Kier molecular flexibility index (Phi) is 13.8. The van der Waals surface area contributed by atoms with Crippen LogP contribution >= 0.6 is 0 Å². The van der Waals surface area contributed by atoms with Crippen molar-refractivity contribution in [2.75, 3.05) is 13.2 Å². The van der Waals surface area contributed by atoms with Gasteiger partial charge in [0.1, 0.15) is 12.2 Å². The first-order chi connectivity index (χ1) is 27.0. The maximum absolute atomic E-state index is 7.61. The van der Waals surface area contributed by atoms with E-state index < -0.39 is 28.8 Å². The van der Waals surface area contributed by atoms with E-state index in [0.717, 1.165) is 11.1 Å². The SMILES string of the molecule is CC(C)(C)[Si](OC[C@H](OCc1ccccc1)[C@H](CO[Si](c1ccccc1)(c1ccccc1)C(C)(C)C)OCc1ccccc1)(c1ccccc1)c1ccccc1. The van der Waals surface area contributed by atoms with Crippen molar-refractivity contribution >= 4 is 37.4 Å². The predicted octanol–water partition coefficient (Wildman–Crippen LogP) is 9.31. The zero-order valence-electron chi connectivity index (χ0n) is 33.9. The largest absolute Gasteiger partial charge is 0.405 e. The van der Waals surface area contributed by atoms with E-state index >= 15 is 0 Å². The molecule has 2 atom stereocenters.